The van der Waals surface area contributed by atoms with Crippen molar-refractivity contribution in [2.45, 2.75) is 19.8 Å². The van der Waals surface area contributed by atoms with E-state index in [0.29, 0.717) is 11.4 Å². The molecule has 0 aliphatic rings. The fourth-order valence-electron chi connectivity index (χ4n) is 1.54. The minimum Gasteiger partial charge on any atom is -0.240 e. The van der Waals surface area contributed by atoms with Crippen LogP contribution in [0.25, 0.3) is 10.9 Å². The van der Waals surface area contributed by atoms with Crippen LogP contribution in [0.15, 0.2) is 28.9 Å². The van der Waals surface area contributed by atoms with Crippen LogP contribution in [0, 0.1) is 5.82 Å². The number of benzene rings is 1. The molecule has 0 unspecified atom stereocenters. The summed E-state index contributed by atoms with van der Waals surface area (Å²) < 4.78 is 13.8. The Balaban J connectivity index is 2.71. The third-order valence-corrected chi connectivity index (χ3v) is 3.02. The first kappa shape index (κ1) is 10.6. The highest BCUT2D eigenvalue weighted by molar-refractivity contribution is 9.10. The lowest BCUT2D eigenvalue weighted by atomic mass is 10.0. The second-order valence-electron chi connectivity index (χ2n) is 3.86. The second kappa shape index (κ2) is 3.89. The van der Waals surface area contributed by atoms with Crippen molar-refractivity contribution in [2.75, 3.05) is 0 Å². The molecule has 0 amide bonds. The van der Waals surface area contributed by atoms with E-state index in [4.69, 9.17) is 0 Å². The highest BCUT2D eigenvalue weighted by atomic mass is 79.9. The molecular weight excluding hydrogens is 257 g/mol. The molecule has 0 saturated carbocycles. The molecule has 0 atom stereocenters. The number of hydrogen-bond donors (Lipinski definition) is 0. The molecule has 15 heavy (non-hydrogen) atoms. The quantitative estimate of drug-likeness (QED) is 0.704. The lowest BCUT2D eigenvalue weighted by Crippen LogP contribution is -1.93. The first-order chi connectivity index (χ1) is 7.08. The minimum absolute atomic E-state index is 0.251. The van der Waals surface area contributed by atoms with E-state index in [0.717, 1.165) is 15.6 Å². The highest BCUT2D eigenvalue weighted by Gasteiger charge is 2.08. The summed E-state index contributed by atoms with van der Waals surface area (Å²) in [5.74, 6) is 0.153. The van der Waals surface area contributed by atoms with Crippen molar-refractivity contribution < 1.29 is 4.39 Å². The standard InChI is InChI=1S/C12H11BrFN/c1-7(2)10-5-8-3-4-9(14)6-11(8)15-12(10)13/h3-7H,1-2H3. The van der Waals surface area contributed by atoms with Gasteiger partial charge in [-0.15, -0.1) is 0 Å². The summed E-state index contributed by atoms with van der Waals surface area (Å²) in [4.78, 5) is 4.33. The summed E-state index contributed by atoms with van der Waals surface area (Å²) >= 11 is 3.41. The van der Waals surface area contributed by atoms with Crippen molar-refractivity contribution in [1.29, 1.82) is 0 Å². The number of aromatic nitrogens is 1. The van der Waals surface area contributed by atoms with E-state index < -0.39 is 0 Å². The van der Waals surface area contributed by atoms with Gasteiger partial charge in [0.25, 0.3) is 0 Å². The molecule has 2 rings (SSSR count). The molecule has 0 saturated heterocycles. The van der Waals surface area contributed by atoms with Gasteiger partial charge in [-0.1, -0.05) is 13.8 Å². The van der Waals surface area contributed by atoms with Crippen LogP contribution in [0.3, 0.4) is 0 Å². The molecule has 0 spiro atoms. The fourth-order valence-corrected chi connectivity index (χ4v) is 2.30. The Morgan fingerprint density at radius 2 is 2.00 bits per heavy atom. The molecule has 1 aromatic heterocycles. The van der Waals surface area contributed by atoms with Gasteiger partial charge < -0.3 is 0 Å². The van der Waals surface area contributed by atoms with E-state index in [2.05, 4.69) is 40.8 Å². The first-order valence-corrected chi connectivity index (χ1v) is 5.63. The Hall–Kier alpha value is -0.960. The maximum absolute atomic E-state index is 13.0. The predicted octanol–water partition coefficient (Wildman–Crippen LogP) is 4.26. The van der Waals surface area contributed by atoms with Crippen LogP contribution in [0.4, 0.5) is 4.39 Å². The topological polar surface area (TPSA) is 12.9 Å². The molecule has 1 nitrogen and oxygen atoms in total. The Bertz CT molecular complexity index is 508. The number of fused-ring (bicyclic) bond motifs is 1. The Labute approximate surface area is 96.5 Å². The van der Waals surface area contributed by atoms with Crippen molar-refractivity contribution >= 4 is 26.8 Å². The van der Waals surface area contributed by atoms with Gasteiger partial charge in [0.15, 0.2) is 0 Å². The number of hydrogen-bond acceptors (Lipinski definition) is 1. The molecule has 0 N–H and O–H groups in total. The summed E-state index contributed by atoms with van der Waals surface area (Å²) in [5, 5.41) is 0.975. The summed E-state index contributed by atoms with van der Waals surface area (Å²) in [7, 11) is 0. The third kappa shape index (κ3) is 2.02. The van der Waals surface area contributed by atoms with Crippen molar-refractivity contribution in [3.05, 3.63) is 40.2 Å². The predicted molar refractivity (Wildman–Crippen MR) is 63.5 cm³/mol. The van der Waals surface area contributed by atoms with E-state index in [1.807, 2.05) is 0 Å². The molecule has 0 aliphatic heterocycles. The van der Waals surface area contributed by atoms with Crippen LogP contribution < -0.4 is 0 Å². The average molecular weight is 268 g/mol. The molecule has 0 bridgehead atoms. The maximum atomic E-state index is 13.0. The van der Waals surface area contributed by atoms with E-state index in [-0.39, 0.29) is 5.82 Å². The van der Waals surface area contributed by atoms with Crippen LogP contribution in [0.5, 0.6) is 0 Å². The van der Waals surface area contributed by atoms with E-state index in [1.54, 1.807) is 6.07 Å². The van der Waals surface area contributed by atoms with E-state index in [9.17, 15) is 4.39 Å². The molecular formula is C12H11BrFN. The Morgan fingerprint density at radius 3 is 2.67 bits per heavy atom. The monoisotopic (exact) mass is 267 g/mol. The average Bonchev–Trinajstić information content (AvgIpc) is 2.15. The van der Waals surface area contributed by atoms with Gasteiger partial charge in [-0.25, -0.2) is 9.37 Å². The number of halogens is 2. The molecule has 1 aromatic carbocycles. The van der Waals surface area contributed by atoms with Gasteiger partial charge in [0.2, 0.25) is 0 Å². The molecule has 1 heterocycles. The van der Waals surface area contributed by atoms with Gasteiger partial charge in [-0.3, -0.25) is 0 Å². The van der Waals surface area contributed by atoms with Gasteiger partial charge in [0.1, 0.15) is 10.4 Å². The fraction of sp³-hybridized carbons (Fsp3) is 0.250. The summed E-state index contributed by atoms with van der Waals surface area (Å²) in [6.45, 7) is 4.22. The van der Waals surface area contributed by atoms with Crippen LogP contribution >= 0.6 is 15.9 Å². The van der Waals surface area contributed by atoms with Crippen molar-refractivity contribution in [3.63, 3.8) is 0 Å². The zero-order valence-electron chi connectivity index (χ0n) is 8.59. The van der Waals surface area contributed by atoms with Crippen LogP contribution in [0.1, 0.15) is 25.3 Å². The number of rotatable bonds is 1. The van der Waals surface area contributed by atoms with Crippen molar-refractivity contribution in [3.8, 4) is 0 Å². The first-order valence-electron chi connectivity index (χ1n) is 4.83. The minimum atomic E-state index is -0.251. The van der Waals surface area contributed by atoms with Crippen LogP contribution in [-0.4, -0.2) is 4.98 Å². The smallest absolute Gasteiger partial charge is 0.125 e. The van der Waals surface area contributed by atoms with E-state index >= 15 is 0 Å². The molecule has 2 aromatic rings. The summed E-state index contributed by atoms with van der Waals surface area (Å²) in [6.07, 6.45) is 0. The molecule has 0 radical (unpaired) electrons. The summed E-state index contributed by atoms with van der Waals surface area (Å²) in [5.41, 5.74) is 1.83. The van der Waals surface area contributed by atoms with Gasteiger partial charge in [0.05, 0.1) is 5.52 Å². The largest absolute Gasteiger partial charge is 0.240 e. The Kier molecular flexibility index (Phi) is 2.74. The third-order valence-electron chi connectivity index (χ3n) is 2.38. The summed E-state index contributed by atoms with van der Waals surface area (Å²) in [6, 6.07) is 6.72. The zero-order valence-corrected chi connectivity index (χ0v) is 10.2. The number of nitrogens with zero attached hydrogens (tertiary/aromatic N) is 1. The number of pyridine rings is 1. The van der Waals surface area contributed by atoms with Crippen molar-refractivity contribution in [2.24, 2.45) is 0 Å². The normalized spacial score (nSPS) is 11.3. The molecule has 0 aliphatic carbocycles. The van der Waals surface area contributed by atoms with Gasteiger partial charge in [-0.2, -0.15) is 0 Å². The molecule has 78 valence electrons. The van der Waals surface area contributed by atoms with Gasteiger partial charge in [0, 0.05) is 11.5 Å². The highest BCUT2D eigenvalue weighted by Crippen LogP contribution is 2.27. The SMILES string of the molecule is CC(C)c1cc2ccc(F)cc2nc1Br. The van der Waals surface area contributed by atoms with Crippen LogP contribution in [0.2, 0.25) is 0 Å². The lowest BCUT2D eigenvalue weighted by molar-refractivity contribution is 0.629. The van der Waals surface area contributed by atoms with Gasteiger partial charge in [-0.05, 0) is 45.6 Å². The molecule has 0 fully saturated rings. The second-order valence-corrected chi connectivity index (χ2v) is 4.61. The Morgan fingerprint density at radius 1 is 1.27 bits per heavy atom. The van der Waals surface area contributed by atoms with Crippen molar-refractivity contribution in [1.82, 2.24) is 4.98 Å². The maximum Gasteiger partial charge on any atom is 0.125 e. The zero-order chi connectivity index (χ0) is 11.0. The van der Waals surface area contributed by atoms with E-state index in [1.165, 1.54) is 12.1 Å². The van der Waals surface area contributed by atoms with Crippen LogP contribution in [-0.2, 0) is 0 Å². The molecule has 3 heteroatoms. The lowest BCUT2D eigenvalue weighted by Gasteiger charge is -2.09. The van der Waals surface area contributed by atoms with Gasteiger partial charge >= 0.3 is 0 Å².